The van der Waals surface area contributed by atoms with E-state index in [-0.39, 0.29) is 19.4 Å². The number of aromatic amines is 2. The molecule has 3 N–H and O–H groups in total. The summed E-state index contributed by atoms with van der Waals surface area (Å²) >= 11 is 0. The van der Waals surface area contributed by atoms with Crippen LogP contribution in [0.2, 0.25) is 19.6 Å². The molecule has 2 aromatic heterocycles. The Morgan fingerprint density at radius 2 is 1.19 bits per heavy atom. The van der Waals surface area contributed by atoms with Crippen LogP contribution in [0.5, 0.6) is 11.5 Å². The number of aliphatic hydroxyl groups excluding tert-OH is 1. The van der Waals surface area contributed by atoms with Crippen LogP contribution < -0.4 is 32.0 Å². The molecule has 4 heterocycles. The first-order valence-corrected chi connectivity index (χ1v) is 26.7. The minimum atomic E-state index is -3.72. The number of ether oxygens (including phenoxy) is 5. The van der Waals surface area contributed by atoms with E-state index in [1.165, 1.54) is 21.5 Å². The van der Waals surface area contributed by atoms with Gasteiger partial charge >= 0.3 is 373 Å². The summed E-state index contributed by atoms with van der Waals surface area (Å²) < 4.78 is 54.5. The second-order valence-corrected chi connectivity index (χ2v) is 24.4. The van der Waals surface area contributed by atoms with Crippen LogP contribution in [0, 0.1) is 13.8 Å². The maximum atomic E-state index is 13.4. The van der Waals surface area contributed by atoms with Gasteiger partial charge in [0.1, 0.15) is 0 Å². The van der Waals surface area contributed by atoms with E-state index in [2.05, 4.69) is 9.97 Å². The first-order chi connectivity index (χ1) is 30.4. The molecular weight excluding hydrogens is 864 g/mol. The third-order valence-electron chi connectivity index (χ3n) is 11.3. The van der Waals surface area contributed by atoms with Gasteiger partial charge in [-0.3, -0.25) is 0 Å². The van der Waals surface area contributed by atoms with Gasteiger partial charge < -0.3 is 0 Å². The van der Waals surface area contributed by atoms with E-state index >= 15 is 0 Å². The van der Waals surface area contributed by atoms with E-state index in [0.717, 1.165) is 16.7 Å². The molecule has 64 heavy (non-hydrogen) atoms. The number of methoxy groups -OCH3 is 2. The molecule has 2 saturated heterocycles. The molecule has 6 atom stereocenters. The monoisotopic (exact) mass is 920 g/mol. The number of benzene rings is 3. The van der Waals surface area contributed by atoms with Crippen LogP contribution in [0.15, 0.2) is 110 Å². The van der Waals surface area contributed by atoms with Crippen molar-refractivity contribution in [3.05, 3.63) is 161 Å². The van der Waals surface area contributed by atoms with Crippen molar-refractivity contribution in [2.45, 2.75) is 88.8 Å². The molecule has 0 amide bonds. The van der Waals surface area contributed by atoms with Crippen molar-refractivity contribution in [2.24, 2.45) is 0 Å². The predicted octanol–water partition coefficient (Wildman–Crippen LogP) is 5.04. The van der Waals surface area contributed by atoms with Gasteiger partial charge in [-0.1, -0.05) is 0 Å². The predicted molar refractivity (Wildman–Crippen MR) is 243 cm³/mol. The third kappa shape index (κ3) is 10.1. The molecule has 17 nitrogen and oxygen atoms in total. The molecule has 0 unspecified atom stereocenters. The van der Waals surface area contributed by atoms with Gasteiger partial charge in [0.25, 0.3) is 0 Å². The number of aromatic nitrogens is 4. The Morgan fingerprint density at radius 1 is 0.719 bits per heavy atom. The fraction of sp³-hybridized carbons (Fsp3) is 0.422. The average molecular weight is 921 g/mol. The van der Waals surface area contributed by atoms with Crippen LogP contribution in [-0.2, 0) is 33.1 Å². The van der Waals surface area contributed by atoms with Crippen LogP contribution in [0.3, 0.4) is 0 Å². The topological polar surface area (TPSA) is 204 Å². The number of aryl methyl sites for hydroxylation is 2. The van der Waals surface area contributed by atoms with Crippen molar-refractivity contribution < 1.29 is 42.1 Å². The molecule has 5 aromatic rings. The van der Waals surface area contributed by atoms with Gasteiger partial charge in [-0.2, -0.15) is 0 Å². The summed E-state index contributed by atoms with van der Waals surface area (Å²) in [4.78, 5) is 55.6. The fourth-order valence-corrected chi connectivity index (χ4v) is 14.5. The van der Waals surface area contributed by atoms with Crippen LogP contribution in [0.25, 0.3) is 0 Å². The van der Waals surface area contributed by atoms with Crippen LogP contribution in [0.1, 0.15) is 53.1 Å². The van der Waals surface area contributed by atoms with Crippen molar-refractivity contribution in [1.29, 1.82) is 0 Å². The zero-order valence-corrected chi connectivity index (χ0v) is 39.2. The molecule has 0 spiro atoms. The zero-order valence-electron chi connectivity index (χ0n) is 37.2. The molecule has 0 bridgehead atoms. The van der Waals surface area contributed by atoms with Crippen molar-refractivity contribution in [1.82, 2.24) is 19.1 Å². The average Bonchev–Trinajstić information content (AvgIpc) is 3.87. The van der Waals surface area contributed by atoms with Gasteiger partial charge in [-0.15, -0.1) is 0 Å². The van der Waals surface area contributed by atoms with E-state index in [4.69, 9.17) is 36.9 Å². The van der Waals surface area contributed by atoms with Gasteiger partial charge in [0.15, 0.2) is 0 Å². The molecule has 7 rings (SSSR count). The van der Waals surface area contributed by atoms with Crippen molar-refractivity contribution in [3.63, 3.8) is 0 Å². The summed E-state index contributed by atoms with van der Waals surface area (Å²) in [5.74, 6) is 1.30. The Hall–Kier alpha value is -5.01. The fourth-order valence-electron chi connectivity index (χ4n) is 8.31. The number of hydrogen-bond donors (Lipinski definition) is 3. The van der Waals surface area contributed by atoms with Crippen molar-refractivity contribution in [2.75, 3.05) is 34.1 Å². The summed E-state index contributed by atoms with van der Waals surface area (Å²) in [5.41, 5.74) is -0.589. The van der Waals surface area contributed by atoms with Crippen molar-refractivity contribution in [3.8, 4) is 11.5 Å². The summed E-state index contributed by atoms with van der Waals surface area (Å²) in [6.07, 6.45) is -1.81. The van der Waals surface area contributed by atoms with Gasteiger partial charge in [0, 0.05) is 0 Å². The molecule has 0 radical (unpaired) electrons. The summed E-state index contributed by atoms with van der Waals surface area (Å²) in [7, 11) is -2.95. The summed E-state index contributed by atoms with van der Waals surface area (Å²) in [6, 6.07) is 25.0. The van der Waals surface area contributed by atoms with E-state index < -0.39 is 87.8 Å². The normalized spacial score (nSPS) is 21.8. The van der Waals surface area contributed by atoms with Crippen LogP contribution >= 0.6 is 7.94 Å². The molecule has 0 aliphatic carbocycles. The maximum absolute atomic E-state index is 13.4. The molecule has 19 heteroatoms. The number of rotatable bonds is 17. The first kappa shape index (κ1) is 47.0. The quantitative estimate of drug-likeness (QED) is 0.0637. The number of nitrogens with one attached hydrogen (secondary N) is 2. The number of hydrogen-bond acceptors (Lipinski definition) is 13. The Kier molecular flexibility index (Phi) is 14.1. The number of nitrogens with zero attached hydrogens (tertiary/aromatic N) is 2. The van der Waals surface area contributed by atoms with Crippen molar-refractivity contribution >= 4 is 16.3 Å². The molecule has 3 aromatic carbocycles. The Labute approximate surface area is 371 Å². The van der Waals surface area contributed by atoms with Gasteiger partial charge in [0.2, 0.25) is 0 Å². The number of H-pyrrole nitrogens is 2. The van der Waals surface area contributed by atoms with Crippen LogP contribution in [0.4, 0.5) is 0 Å². The van der Waals surface area contributed by atoms with Crippen LogP contribution in [-0.4, -0.2) is 91.0 Å². The molecular formula is C45H57N4O13PSi. The molecule has 344 valence electrons. The Morgan fingerprint density at radius 3 is 1.66 bits per heavy atom. The first-order valence-electron chi connectivity index (χ1n) is 21.1. The zero-order chi connectivity index (χ0) is 46.0. The molecule has 2 aliphatic heterocycles. The molecule has 0 saturated carbocycles. The van der Waals surface area contributed by atoms with Gasteiger partial charge in [-0.05, 0) is 0 Å². The van der Waals surface area contributed by atoms with E-state index in [1.54, 1.807) is 34.7 Å². The standard InChI is InChI=1S/C45H57N4O13PSi/c1-28-24-48(43(53)46-41(28)51)39-22-35(60-45(30-12-10-9-11-13-30,31-14-18-33(55-3)19-15-31)32-16-20-34(56-4)21-17-32)38(59-39)27-57-63(5,62-64(6,7)8)61-36-23-40(58-37(36)26-50)49-25-29(2)42(52)47-44(49)54/h9-21,24-25,35-40,50,63H,22-23,26-27H2,1-8H3,(H,46,51,53)(H,47,52,54)/t35-,36-,37-,38-,39-,40-/m1/s1. The van der Waals surface area contributed by atoms with Gasteiger partial charge in [-0.25, -0.2) is 0 Å². The Bertz CT molecular complexity index is 2580. The van der Waals surface area contributed by atoms with Gasteiger partial charge in [0.05, 0.1) is 0 Å². The molecule has 2 fully saturated rings. The minimum absolute atomic E-state index is 0.124. The van der Waals surface area contributed by atoms with E-state index in [0.29, 0.717) is 22.6 Å². The third-order valence-corrected chi connectivity index (χ3v) is 16.7. The SMILES string of the molecule is COc1ccc(C(O[C@@H]2C[C@H](n3cc(C)c(=O)[nH]c3=O)O[C@@H]2CO[PH](C)(O[C@@H]2C[C@H](n3cc(C)c(=O)[nH]c3=O)O[C@@H]2CO)O[Si](C)(C)C)(c2ccccc2)c2ccc(OC)cc2)cc1. The Balaban J connectivity index is 1.28. The van der Waals surface area contributed by atoms with E-state index in [1.807, 2.05) is 98.5 Å². The number of aliphatic hydroxyl groups is 1. The van der Waals surface area contributed by atoms with E-state index in [9.17, 15) is 24.3 Å². The summed E-state index contributed by atoms with van der Waals surface area (Å²) in [6.45, 7) is 10.4. The second-order valence-electron chi connectivity index (χ2n) is 17.1. The molecule has 2 aliphatic rings. The second kappa shape index (κ2) is 19.2. The summed E-state index contributed by atoms with van der Waals surface area (Å²) in [5, 5.41) is 10.5.